The first-order chi connectivity index (χ1) is 22.3. The third-order valence-corrected chi connectivity index (χ3v) is 9.33. The number of hydrogen-bond donors (Lipinski definition) is 0. The number of fused-ring (bicyclic) bond motifs is 7. The largest absolute Gasteiger partial charge is 0.456 e. The van der Waals surface area contributed by atoms with Crippen LogP contribution in [0.15, 0.2) is 132 Å². The Labute approximate surface area is 258 Å². The average Bonchev–Trinajstić information content (AvgIpc) is 3.66. The molecule has 7 aromatic carbocycles. The van der Waals surface area contributed by atoms with Gasteiger partial charge in [-0.15, -0.1) is 0 Å². The average molecular weight is 579 g/mol. The van der Waals surface area contributed by atoms with Gasteiger partial charge in [-0.25, -0.2) is 4.98 Å². The minimum Gasteiger partial charge on any atom is -0.456 e. The van der Waals surface area contributed by atoms with Gasteiger partial charge in [0.05, 0.1) is 11.2 Å². The molecule has 0 spiro atoms. The maximum Gasteiger partial charge on any atom is 0.153 e. The molecule has 0 amide bonds. The SMILES string of the molecule is CCc1nc2cccc3c2n1-c1cc(-c2c4ccccc4c(-c4ccc5c(c4)oc4ccccc45)c4ccccc24)ccc1O3. The molecule has 4 heteroatoms. The molecule has 0 bridgehead atoms. The van der Waals surface area contributed by atoms with Gasteiger partial charge in [0.1, 0.15) is 22.5 Å². The van der Waals surface area contributed by atoms with Gasteiger partial charge in [0.25, 0.3) is 0 Å². The highest BCUT2D eigenvalue weighted by molar-refractivity contribution is 6.22. The lowest BCUT2D eigenvalue weighted by atomic mass is 9.85. The summed E-state index contributed by atoms with van der Waals surface area (Å²) < 4.78 is 15.0. The number of rotatable bonds is 3. The summed E-state index contributed by atoms with van der Waals surface area (Å²) in [7, 11) is 0. The number of aryl methyl sites for hydroxylation is 1. The molecule has 0 aliphatic carbocycles. The second-order valence-corrected chi connectivity index (χ2v) is 11.8. The summed E-state index contributed by atoms with van der Waals surface area (Å²) in [6.45, 7) is 2.16. The molecule has 0 fully saturated rings. The van der Waals surface area contributed by atoms with Gasteiger partial charge >= 0.3 is 0 Å². The molecule has 2 aromatic heterocycles. The van der Waals surface area contributed by atoms with Crippen molar-refractivity contribution < 1.29 is 9.15 Å². The molecule has 0 saturated heterocycles. The van der Waals surface area contributed by atoms with E-state index in [-0.39, 0.29) is 0 Å². The molecule has 0 unspecified atom stereocenters. The molecule has 4 nitrogen and oxygen atoms in total. The van der Waals surface area contributed by atoms with Gasteiger partial charge in [-0.2, -0.15) is 0 Å². The van der Waals surface area contributed by atoms with Crippen LogP contribution in [0.2, 0.25) is 0 Å². The van der Waals surface area contributed by atoms with Crippen LogP contribution in [0.1, 0.15) is 12.7 Å². The molecule has 3 heterocycles. The highest BCUT2D eigenvalue weighted by atomic mass is 16.5. The maximum atomic E-state index is 6.44. The van der Waals surface area contributed by atoms with E-state index < -0.39 is 0 Å². The smallest absolute Gasteiger partial charge is 0.153 e. The molecule has 0 atom stereocenters. The van der Waals surface area contributed by atoms with Crippen LogP contribution in [0.25, 0.3) is 82.5 Å². The van der Waals surface area contributed by atoms with Crippen molar-refractivity contribution in [3.63, 3.8) is 0 Å². The van der Waals surface area contributed by atoms with E-state index in [1.165, 1.54) is 32.7 Å². The third-order valence-electron chi connectivity index (χ3n) is 9.33. The first-order valence-electron chi connectivity index (χ1n) is 15.4. The predicted molar refractivity (Wildman–Crippen MR) is 184 cm³/mol. The molecule has 212 valence electrons. The molecule has 1 aliphatic rings. The van der Waals surface area contributed by atoms with E-state index in [1.54, 1.807) is 0 Å². The number of para-hydroxylation sites is 2. The molecule has 0 radical (unpaired) electrons. The molecule has 45 heavy (non-hydrogen) atoms. The Hall–Kier alpha value is -5.87. The van der Waals surface area contributed by atoms with Crippen LogP contribution < -0.4 is 4.74 Å². The van der Waals surface area contributed by atoms with Crippen molar-refractivity contribution in [3.8, 4) is 39.4 Å². The van der Waals surface area contributed by atoms with Crippen molar-refractivity contribution in [2.45, 2.75) is 13.3 Å². The van der Waals surface area contributed by atoms with Gasteiger partial charge in [0, 0.05) is 17.2 Å². The zero-order valence-electron chi connectivity index (χ0n) is 24.5. The normalized spacial score (nSPS) is 12.4. The van der Waals surface area contributed by atoms with Crippen LogP contribution in [0, 0.1) is 0 Å². The van der Waals surface area contributed by atoms with Gasteiger partial charge in [0.15, 0.2) is 11.5 Å². The van der Waals surface area contributed by atoms with E-state index in [0.29, 0.717) is 0 Å². The van der Waals surface area contributed by atoms with Crippen molar-refractivity contribution >= 4 is 54.5 Å². The van der Waals surface area contributed by atoms with Crippen molar-refractivity contribution in [1.29, 1.82) is 0 Å². The van der Waals surface area contributed by atoms with E-state index in [9.17, 15) is 0 Å². The minimum atomic E-state index is 0.827. The molecular weight excluding hydrogens is 552 g/mol. The summed E-state index contributed by atoms with van der Waals surface area (Å²) in [5.41, 5.74) is 9.55. The first-order valence-corrected chi connectivity index (χ1v) is 15.4. The summed E-state index contributed by atoms with van der Waals surface area (Å²) in [6, 6.07) is 45.1. The Balaban J connectivity index is 1.25. The third kappa shape index (κ3) is 3.39. The van der Waals surface area contributed by atoms with Crippen LogP contribution >= 0.6 is 0 Å². The summed E-state index contributed by atoms with van der Waals surface area (Å²) in [4.78, 5) is 4.96. The summed E-state index contributed by atoms with van der Waals surface area (Å²) in [5.74, 6) is 2.72. The second kappa shape index (κ2) is 9.07. The fraction of sp³-hybridized carbons (Fsp3) is 0.0488. The standard InChI is InChI=1S/C41H26N2O2/c1-2-38-42-32-15-9-17-36-41(32)43(38)33-22-24(19-21-35(33)45-36)39-28-11-3-5-13-30(28)40(31-14-6-4-12-29(31)39)25-18-20-27-26-10-7-8-16-34(26)44-37(27)23-25/h3-23H,2H2,1H3. The molecule has 10 rings (SSSR count). The number of hydrogen-bond acceptors (Lipinski definition) is 3. The van der Waals surface area contributed by atoms with Gasteiger partial charge < -0.3 is 9.15 Å². The van der Waals surface area contributed by atoms with E-state index in [0.717, 1.165) is 73.5 Å². The Kier molecular flexibility index (Phi) is 4.95. The lowest BCUT2D eigenvalue weighted by Gasteiger charge is -2.23. The molecule has 9 aromatic rings. The van der Waals surface area contributed by atoms with Crippen molar-refractivity contribution in [2.24, 2.45) is 0 Å². The van der Waals surface area contributed by atoms with Crippen molar-refractivity contribution in [2.75, 3.05) is 0 Å². The van der Waals surface area contributed by atoms with Gasteiger partial charge in [-0.1, -0.05) is 91.9 Å². The molecule has 0 saturated carbocycles. The van der Waals surface area contributed by atoms with Crippen LogP contribution in [-0.4, -0.2) is 9.55 Å². The van der Waals surface area contributed by atoms with Gasteiger partial charge in [-0.3, -0.25) is 4.57 Å². The van der Waals surface area contributed by atoms with Crippen molar-refractivity contribution in [3.05, 3.63) is 133 Å². The van der Waals surface area contributed by atoms with Gasteiger partial charge in [-0.05, 0) is 86.3 Å². The summed E-state index contributed by atoms with van der Waals surface area (Å²) in [6.07, 6.45) is 0.827. The zero-order valence-corrected chi connectivity index (χ0v) is 24.5. The molecular formula is C41H26N2O2. The minimum absolute atomic E-state index is 0.827. The van der Waals surface area contributed by atoms with Crippen LogP contribution in [0.3, 0.4) is 0 Å². The Morgan fingerprint density at radius 1 is 0.556 bits per heavy atom. The van der Waals surface area contributed by atoms with E-state index >= 15 is 0 Å². The summed E-state index contributed by atoms with van der Waals surface area (Å²) in [5, 5.41) is 7.11. The number of nitrogens with zero attached hydrogens (tertiary/aromatic N) is 2. The van der Waals surface area contributed by atoms with E-state index in [4.69, 9.17) is 14.1 Å². The number of aromatic nitrogens is 2. The number of benzene rings is 7. The molecule has 0 N–H and O–H groups in total. The fourth-order valence-corrected chi connectivity index (χ4v) is 7.41. The number of imidazole rings is 1. The lowest BCUT2D eigenvalue weighted by Crippen LogP contribution is -2.07. The Bertz CT molecular complexity index is 2620. The topological polar surface area (TPSA) is 40.2 Å². The zero-order chi connectivity index (χ0) is 29.6. The number of ether oxygens (including phenoxy) is 1. The highest BCUT2D eigenvalue weighted by Crippen LogP contribution is 2.47. The quantitative estimate of drug-likeness (QED) is 0.196. The Morgan fingerprint density at radius 3 is 1.89 bits per heavy atom. The first kappa shape index (κ1) is 24.6. The van der Waals surface area contributed by atoms with E-state index in [2.05, 4.69) is 115 Å². The Morgan fingerprint density at radius 2 is 1.18 bits per heavy atom. The molecule has 1 aliphatic heterocycles. The lowest BCUT2D eigenvalue weighted by molar-refractivity contribution is 0.474. The fourth-order valence-electron chi connectivity index (χ4n) is 7.41. The summed E-state index contributed by atoms with van der Waals surface area (Å²) >= 11 is 0. The van der Waals surface area contributed by atoms with Crippen LogP contribution in [-0.2, 0) is 6.42 Å². The highest BCUT2D eigenvalue weighted by Gasteiger charge is 2.25. The van der Waals surface area contributed by atoms with Crippen LogP contribution in [0.4, 0.5) is 0 Å². The van der Waals surface area contributed by atoms with Crippen molar-refractivity contribution in [1.82, 2.24) is 9.55 Å². The predicted octanol–water partition coefficient (Wildman–Crippen LogP) is 11.2. The van der Waals surface area contributed by atoms with Crippen LogP contribution in [0.5, 0.6) is 11.5 Å². The monoisotopic (exact) mass is 578 g/mol. The maximum absolute atomic E-state index is 6.44. The van der Waals surface area contributed by atoms with Gasteiger partial charge in [0.2, 0.25) is 0 Å². The van der Waals surface area contributed by atoms with E-state index in [1.807, 2.05) is 24.3 Å². The second-order valence-electron chi connectivity index (χ2n) is 11.8. The number of furan rings is 1.